The number of amides is 1. The molecule has 1 aliphatic heterocycles. The number of methoxy groups -OCH3 is 1. The molecule has 1 fully saturated rings. The molecule has 104 valence electrons. The van der Waals surface area contributed by atoms with Crippen molar-refractivity contribution in [3.8, 4) is 0 Å². The fourth-order valence-electron chi connectivity index (χ4n) is 2.63. The lowest BCUT2D eigenvalue weighted by molar-refractivity contribution is 0.100. The van der Waals surface area contributed by atoms with Crippen LogP contribution in [0.2, 0.25) is 0 Å². The smallest absolute Gasteiger partial charge is 0.248 e. The number of nitrogens with two attached hydrogens (primary N) is 1. The van der Waals surface area contributed by atoms with Gasteiger partial charge in [-0.25, -0.2) is 0 Å². The first-order chi connectivity index (χ1) is 9.20. The summed E-state index contributed by atoms with van der Waals surface area (Å²) >= 11 is 0. The molecule has 2 N–H and O–H groups in total. The van der Waals surface area contributed by atoms with Gasteiger partial charge in [0.1, 0.15) is 0 Å². The van der Waals surface area contributed by atoms with E-state index in [1.807, 2.05) is 24.3 Å². The molecule has 4 nitrogen and oxygen atoms in total. The molecule has 0 unspecified atom stereocenters. The molecule has 0 aliphatic carbocycles. The Kier molecular flexibility index (Phi) is 4.93. The third-order valence-corrected chi connectivity index (χ3v) is 3.87. The third-order valence-electron chi connectivity index (χ3n) is 3.87. The van der Waals surface area contributed by atoms with Crippen molar-refractivity contribution < 1.29 is 9.53 Å². The van der Waals surface area contributed by atoms with Crippen molar-refractivity contribution in [2.75, 3.05) is 33.4 Å². The highest BCUT2D eigenvalue weighted by Gasteiger charge is 2.20. The van der Waals surface area contributed by atoms with Gasteiger partial charge in [0.25, 0.3) is 0 Å². The molecule has 0 saturated carbocycles. The highest BCUT2D eigenvalue weighted by molar-refractivity contribution is 5.92. The maximum atomic E-state index is 11.0. The van der Waals surface area contributed by atoms with Crippen LogP contribution in [0.3, 0.4) is 0 Å². The Hall–Kier alpha value is -1.39. The van der Waals surface area contributed by atoms with Crippen molar-refractivity contribution >= 4 is 5.91 Å². The molecule has 19 heavy (non-hydrogen) atoms. The van der Waals surface area contributed by atoms with Gasteiger partial charge in [-0.1, -0.05) is 12.1 Å². The SMILES string of the molecule is COCCN1CCC(c2ccc(C(N)=O)cc2)CC1. The highest BCUT2D eigenvalue weighted by atomic mass is 16.5. The molecule has 1 aromatic rings. The Morgan fingerprint density at radius 2 is 1.95 bits per heavy atom. The van der Waals surface area contributed by atoms with Crippen molar-refractivity contribution in [3.05, 3.63) is 35.4 Å². The van der Waals surface area contributed by atoms with Gasteiger partial charge >= 0.3 is 0 Å². The Balaban J connectivity index is 1.88. The maximum Gasteiger partial charge on any atom is 0.248 e. The minimum absolute atomic E-state index is 0.360. The highest BCUT2D eigenvalue weighted by Crippen LogP contribution is 2.27. The maximum absolute atomic E-state index is 11.0. The first-order valence-corrected chi connectivity index (χ1v) is 6.81. The topological polar surface area (TPSA) is 55.6 Å². The van der Waals surface area contributed by atoms with Crippen LogP contribution >= 0.6 is 0 Å². The molecule has 1 saturated heterocycles. The zero-order chi connectivity index (χ0) is 13.7. The second-order valence-electron chi connectivity index (χ2n) is 5.09. The first kappa shape index (κ1) is 14.0. The molecule has 0 atom stereocenters. The molecule has 4 heteroatoms. The van der Waals surface area contributed by atoms with Crippen LogP contribution in [0, 0.1) is 0 Å². The van der Waals surface area contributed by atoms with E-state index in [1.54, 1.807) is 7.11 Å². The van der Waals surface area contributed by atoms with Crippen molar-refractivity contribution in [1.82, 2.24) is 4.90 Å². The molecule has 0 bridgehead atoms. The fraction of sp³-hybridized carbons (Fsp3) is 0.533. The lowest BCUT2D eigenvalue weighted by atomic mass is 9.89. The van der Waals surface area contributed by atoms with Gasteiger partial charge in [0.15, 0.2) is 0 Å². The predicted octanol–water partition coefficient (Wildman–Crippen LogP) is 1.61. The summed E-state index contributed by atoms with van der Waals surface area (Å²) in [7, 11) is 1.74. The Labute approximate surface area is 114 Å². The van der Waals surface area contributed by atoms with Crippen LogP contribution in [0.25, 0.3) is 0 Å². The third kappa shape index (κ3) is 3.78. The van der Waals surface area contributed by atoms with Gasteiger partial charge in [0.05, 0.1) is 6.61 Å². The molecular formula is C15H22N2O2. The summed E-state index contributed by atoms with van der Waals surface area (Å²) in [6, 6.07) is 7.73. The number of primary amides is 1. The summed E-state index contributed by atoms with van der Waals surface area (Å²) in [5, 5.41) is 0. The van der Waals surface area contributed by atoms with E-state index in [9.17, 15) is 4.79 Å². The van der Waals surface area contributed by atoms with Gasteiger partial charge in [0, 0.05) is 19.2 Å². The summed E-state index contributed by atoms with van der Waals surface area (Å²) < 4.78 is 5.11. The summed E-state index contributed by atoms with van der Waals surface area (Å²) in [4.78, 5) is 13.5. The Morgan fingerprint density at radius 3 is 2.47 bits per heavy atom. The summed E-state index contributed by atoms with van der Waals surface area (Å²) in [5.41, 5.74) is 7.15. The molecule has 1 amide bonds. The van der Waals surface area contributed by atoms with Gasteiger partial charge in [-0.2, -0.15) is 0 Å². The number of ether oxygens (including phenoxy) is 1. The number of hydrogen-bond donors (Lipinski definition) is 1. The van der Waals surface area contributed by atoms with E-state index in [-0.39, 0.29) is 5.91 Å². The van der Waals surface area contributed by atoms with E-state index in [2.05, 4.69) is 4.90 Å². The van der Waals surface area contributed by atoms with Crippen molar-refractivity contribution in [2.24, 2.45) is 5.73 Å². The zero-order valence-electron chi connectivity index (χ0n) is 11.5. The van der Waals surface area contributed by atoms with Gasteiger partial charge < -0.3 is 15.4 Å². The van der Waals surface area contributed by atoms with Crippen LogP contribution in [-0.4, -0.2) is 44.2 Å². The minimum Gasteiger partial charge on any atom is -0.383 e. The quantitative estimate of drug-likeness (QED) is 0.877. The Morgan fingerprint density at radius 1 is 1.32 bits per heavy atom. The predicted molar refractivity (Wildman–Crippen MR) is 75.3 cm³/mol. The lowest BCUT2D eigenvalue weighted by Crippen LogP contribution is -2.35. The van der Waals surface area contributed by atoms with Crippen molar-refractivity contribution in [1.29, 1.82) is 0 Å². The second-order valence-corrected chi connectivity index (χ2v) is 5.09. The fourth-order valence-corrected chi connectivity index (χ4v) is 2.63. The molecule has 1 aliphatic rings. The summed E-state index contributed by atoms with van der Waals surface area (Å²) in [5.74, 6) is 0.238. The van der Waals surface area contributed by atoms with Crippen LogP contribution in [0.5, 0.6) is 0 Å². The number of benzene rings is 1. The molecule has 1 heterocycles. The van der Waals surface area contributed by atoms with E-state index < -0.39 is 0 Å². The van der Waals surface area contributed by atoms with Gasteiger partial charge in [-0.3, -0.25) is 4.79 Å². The molecular weight excluding hydrogens is 240 g/mol. The van der Waals surface area contributed by atoms with Crippen LogP contribution < -0.4 is 5.73 Å². The molecule has 0 radical (unpaired) electrons. The second kappa shape index (κ2) is 6.68. The molecule has 2 rings (SSSR count). The van der Waals surface area contributed by atoms with Crippen molar-refractivity contribution in [2.45, 2.75) is 18.8 Å². The minimum atomic E-state index is -0.360. The largest absolute Gasteiger partial charge is 0.383 e. The molecule has 0 spiro atoms. The first-order valence-electron chi connectivity index (χ1n) is 6.81. The van der Waals surface area contributed by atoms with E-state index >= 15 is 0 Å². The normalized spacial score (nSPS) is 17.5. The van der Waals surface area contributed by atoms with Crippen molar-refractivity contribution in [3.63, 3.8) is 0 Å². The number of nitrogens with zero attached hydrogens (tertiary/aromatic N) is 1. The monoisotopic (exact) mass is 262 g/mol. The number of likely N-dealkylation sites (tertiary alicyclic amines) is 1. The standard InChI is InChI=1S/C15H22N2O2/c1-19-11-10-17-8-6-13(7-9-17)12-2-4-14(5-3-12)15(16)18/h2-5,13H,6-11H2,1H3,(H2,16,18). The van der Waals surface area contributed by atoms with Gasteiger partial charge in [0.2, 0.25) is 5.91 Å². The van der Waals surface area contributed by atoms with Crippen LogP contribution in [0.4, 0.5) is 0 Å². The number of carbonyl (C=O) groups excluding carboxylic acids is 1. The van der Waals surface area contributed by atoms with E-state index in [1.165, 1.54) is 18.4 Å². The number of piperidine rings is 1. The average molecular weight is 262 g/mol. The lowest BCUT2D eigenvalue weighted by Gasteiger charge is -2.32. The van der Waals surface area contributed by atoms with Gasteiger partial charge in [-0.05, 0) is 49.5 Å². The average Bonchev–Trinajstić information content (AvgIpc) is 2.46. The van der Waals surface area contributed by atoms with E-state index in [0.29, 0.717) is 11.5 Å². The van der Waals surface area contributed by atoms with E-state index in [0.717, 1.165) is 26.2 Å². The molecule has 0 aromatic heterocycles. The summed E-state index contributed by atoms with van der Waals surface area (Å²) in [6.45, 7) is 4.05. The molecule has 1 aromatic carbocycles. The summed E-state index contributed by atoms with van der Waals surface area (Å²) in [6.07, 6.45) is 2.33. The van der Waals surface area contributed by atoms with Gasteiger partial charge in [-0.15, -0.1) is 0 Å². The van der Waals surface area contributed by atoms with E-state index in [4.69, 9.17) is 10.5 Å². The number of hydrogen-bond acceptors (Lipinski definition) is 3. The van der Waals surface area contributed by atoms with Crippen LogP contribution in [-0.2, 0) is 4.74 Å². The number of carbonyl (C=O) groups is 1. The Bertz CT molecular complexity index is 409. The van der Waals surface area contributed by atoms with Crippen LogP contribution in [0.1, 0.15) is 34.7 Å². The van der Waals surface area contributed by atoms with Crippen LogP contribution in [0.15, 0.2) is 24.3 Å². The zero-order valence-corrected chi connectivity index (χ0v) is 11.5. The number of rotatable bonds is 5.